The molecule has 0 aliphatic heterocycles. The zero-order valence-electron chi connectivity index (χ0n) is 10.7. The summed E-state index contributed by atoms with van der Waals surface area (Å²) in [7, 11) is 0. The Bertz CT molecular complexity index is 224. The summed E-state index contributed by atoms with van der Waals surface area (Å²) in [5, 5.41) is 0. The number of hydrogen-bond acceptors (Lipinski definition) is 2. The van der Waals surface area contributed by atoms with Crippen molar-refractivity contribution in [1.82, 2.24) is 4.90 Å². The van der Waals surface area contributed by atoms with Crippen LogP contribution < -0.4 is 0 Å². The molecule has 0 radical (unpaired) electrons. The first kappa shape index (κ1) is 14.0. The first-order chi connectivity index (χ1) is 6.90. The molecule has 0 unspecified atom stereocenters. The van der Waals surface area contributed by atoms with Crippen molar-refractivity contribution in [3.63, 3.8) is 0 Å². The van der Waals surface area contributed by atoms with Crippen molar-refractivity contribution in [2.24, 2.45) is 0 Å². The molecule has 0 aromatic rings. The van der Waals surface area contributed by atoms with E-state index in [9.17, 15) is 4.79 Å². The van der Waals surface area contributed by atoms with Gasteiger partial charge >= 0.3 is 6.09 Å². The van der Waals surface area contributed by atoms with E-state index in [0.717, 1.165) is 12.0 Å². The zero-order chi connectivity index (χ0) is 12.0. The first-order valence-electron chi connectivity index (χ1n) is 5.54. The molecular weight excluding hydrogens is 190 g/mol. The second-order valence-corrected chi connectivity index (χ2v) is 4.30. The number of amides is 1. The molecule has 0 N–H and O–H groups in total. The number of nitrogens with zero attached hydrogens (tertiary/aromatic N) is 1. The van der Waals surface area contributed by atoms with Gasteiger partial charge < -0.3 is 9.64 Å². The Morgan fingerprint density at radius 2 is 1.73 bits per heavy atom. The monoisotopic (exact) mass is 213 g/mol. The minimum atomic E-state index is -0.271. The molecule has 0 atom stereocenters. The van der Waals surface area contributed by atoms with Crippen LogP contribution in [-0.4, -0.2) is 23.1 Å². The van der Waals surface area contributed by atoms with Gasteiger partial charge in [0.05, 0.1) is 6.26 Å². The molecule has 0 aliphatic carbocycles. The van der Waals surface area contributed by atoms with E-state index in [1.54, 1.807) is 11.2 Å². The Hall–Kier alpha value is -0.990. The standard InChI is InChI=1S/C12H23NO2/c1-7-11(6)8-15-12(14)13(9(2)3)10(4)5/h8-10H,7H2,1-6H3. The van der Waals surface area contributed by atoms with Gasteiger partial charge in [-0.15, -0.1) is 0 Å². The van der Waals surface area contributed by atoms with E-state index in [1.807, 2.05) is 41.5 Å². The van der Waals surface area contributed by atoms with Crippen LogP contribution in [-0.2, 0) is 4.74 Å². The van der Waals surface area contributed by atoms with Gasteiger partial charge in [0, 0.05) is 12.1 Å². The van der Waals surface area contributed by atoms with Crippen molar-refractivity contribution in [3.8, 4) is 0 Å². The van der Waals surface area contributed by atoms with Crippen LogP contribution in [0.5, 0.6) is 0 Å². The van der Waals surface area contributed by atoms with Crippen LogP contribution >= 0.6 is 0 Å². The minimum absolute atomic E-state index is 0.160. The minimum Gasteiger partial charge on any atom is -0.418 e. The number of ether oxygens (including phenoxy) is 1. The van der Waals surface area contributed by atoms with Crippen LogP contribution in [0, 0.1) is 0 Å². The second kappa shape index (κ2) is 6.49. The molecule has 1 amide bonds. The fraction of sp³-hybridized carbons (Fsp3) is 0.750. The lowest BCUT2D eigenvalue weighted by Gasteiger charge is -2.29. The van der Waals surface area contributed by atoms with E-state index < -0.39 is 0 Å². The van der Waals surface area contributed by atoms with Gasteiger partial charge in [0.25, 0.3) is 0 Å². The Kier molecular flexibility index (Phi) is 6.06. The summed E-state index contributed by atoms with van der Waals surface area (Å²) in [5.41, 5.74) is 1.07. The maximum Gasteiger partial charge on any atom is 0.415 e. The predicted molar refractivity (Wildman–Crippen MR) is 62.6 cm³/mol. The summed E-state index contributed by atoms with van der Waals surface area (Å²) in [6.07, 6.45) is 2.17. The van der Waals surface area contributed by atoms with Gasteiger partial charge in [0.15, 0.2) is 0 Å². The van der Waals surface area contributed by atoms with E-state index in [4.69, 9.17) is 4.74 Å². The van der Waals surface area contributed by atoms with Crippen molar-refractivity contribution in [2.45, 2.75) is 60.0 Å². The average Bonchev–Trinajstić information content (AvgIpc) is 2.12. The summed E-state index contributed by atoms with van der Waals surface area (Å²) in [6.45, 7) is 11.9. The zero-order valence-corrected chi connectivity index (χ0v) is 10.7. The van der Waals surface area contributed by atoms with Crippen LogP contribution in [0.2, 0.25) is 0 Å². The molecule has 0 aromatic carbocycles. The molecular formula is C12H23NO2. The number of hydrogen-bond donors (Lipinski definition) is 0. The van der Waals surface area contributed by atoms with Crippen molar-refractivity contribution >= 4 is 6.09 Å². The van der Waals surface area contributed by atoms with Gasteiger partial charge in [0.2, 0.25) is 0 Å². The van der Waals surface area contributed by atoms with Crippen LogP contribution in [0.3, 0.4) is 0 Å². The van der Waals surface area contributed by atoms with Crippen molar-refractivity contribution in [1.29, 1.82) is 0 Å². The lowest BCUT2D eigenvalue weighted by Crippen LogP contribution is -2.41. The van der Waals surface area contributed by atoms with E-state index in [2.05, 4.69) is 0 Å². The summed E-state index contributed by atoms with van der Waals surface area (Å²) >= 11 is 0. The van der Waals surface area contributed by atoms with Crippen LogP contribution in [0.25, 0.3) is 0 Å². The fourth-order valence-electron chi connectivity index (χ4n) is 1.31. The molecule has 15 heavy (non-hydrogen) atoms. The third-order valence-electron chi connectivity index (χ3n) is 2.24. The van der Waals surface area contributed by atoms with Crippen molar-refractivity contribution in [2.75, 3.05) is 0 Å². The highest BCUT2D eigenvalue weighted by Gasteiger charge is 2.20. The molecule has 0 bridgehead atoms. The maximum atomic E-state index is 11.7. The van der Waals surface area contributed by atoms with E-state index in [1.165, 1.54) is 0 Å². The highest BCUT2D eigenvalue weighted by Crippen LogP contribution is 2.08. The summed E-state index contributed by atoms with van der Waals surface area (Å²) in [5.74, 6) is 0. The first-order valence-corrected chi connectivity index (χ1v) is 5.54. The largest absolute Gasteiger partial charge is 0.418 e. The topological polar surface area (TPSA) is 29.5 Å². The van der Waals surface area contributed by atoms with Gasteiger partial charge in [-0.05, 0) is 46.6 Å². The van der Waals surface area contributed by atoms with Crippen molar-refractivity contribution in [3.05, 3.63) is 11.8 Å². The molecule has 0 saturated heterocycles. The Morgan fingerprint density at radius 3 is 2.07 bits per heavy atom. The highest BCUT2D eigenvalue weighted by atomic mass is 16.5. The van der Waals surface area contributed by atoms with Gasteiger partial charge in [-0.3, -0.25) is 0 Å². The molecule has 0 aliphatic rings. The molecule has 0 saturated carbocycles. The molecule has 0 rings (SSSR count). The van der Waals surface area contributed by atoms with Crippen LogP contribution in [0.15, 0.2) is 11.8 Å². The number of carbonyl (C=O) groups is 1. The maximum absolute atomic E-state index is 11.7. The Balaban J connectivity index is 4.40. The normalized spacial score (nSPS) is 12.1. The molecule has 3 heteroatoms. The van der Waals surface area contributed by atoms with Crippen molar-refractivity contribution < 1.29 is 9.53 Å². The lowest BCUT2D eigenvalue weighted by molar-refractivity contribution is 0.108. The molecule has 88 valence electrons. The Morgan fingerprint density at radius 1 is 1.27 bits per heavy atom. The van der Waals surface area contributed by atoms with Gasteiger partial charge in [0.1, 0.15) is 0 Å². The van der Waals surface area contributed by atoms with Gasteiger partial charge in [-0.1, -0.05) is 6.92 Å². The number of allylic oxidation sites excluding steroid dienone is 1. The average molecular weight is 213 g/mol. The summed E-state index contributed by atoms with van der Waals surface area (Å²) < 4.78 is 5.10. The summed E-state index contributed by atoms with van der Waals surface area (Å²) in [4.78, 5) is 13.4. The molecule has 0 aromatic heterocycles. The fourth-order valence-corrected chi connectivity index (χ4v) is 1.31. The quantitative estimate of drug-likeness (QED) is 0.668. The van der Waals surface area contributed by atoms with Gasteiger partial charge in [-0.25, -0.2) is 4.79 Å². The third-order valence-corrected chi connectivity index (χ3v) is 2.24. The lowest BCUT2D eigenvalue weighted by atomic mass is 10.2. The summed E-state index contributed by atoms with van der Waals surface area (Å²) in [6, 6.07) is 0.320. The highest BCUT2D eigenvalue weighted by molar-refractivity contribution is 5.69. The SMILES string of the molecule is CCC(C)=COC(=O)N(C(C)C)C(C)C. The predicted octanol–water partition coefficient (Wildman–Crippen LogP) is 3.56. The van der Waals surface area contributed by atoms with E-state index in [0.29, 0.717) is 0 Å². The Labute approximate surface area is 93.1 Å². The molecule has 0 heterocycles. The van der Waals surface area contributed by atoms with Gasteiger partial charge in [-0.2, -0.15) is 0 Å². The van der Waals surface area contributed by atoms with E-state index >= 15 is 0 Å². The number of rotatable bonds is 4. The molecule has 3 nitrogen and oxygen atoms in total. The smallest absolute Gasteiger partial charge is 0.415 e. The molecule has 0 spiro atoms. The number of carbonyl (C=O) groups excluding carboxylic acids is 1. The second-order valence-electron chi connectivity index (χ2n) is 4.30. The van der Waals surface area contributed by atoms with E-state index in [-0.39, 0.29) is 18.2 Å². The van der Waals surface area contributed by atoms with Crippen LogP contribution in [0.1, 0.15) is 48.0 Å². The van der Waals surface area contributed by atoms with Crippen LogP contribution in [0.4, 0.5) is 4.79 Å². The third kappa shape index (κ3) is 4.86. The molecule has 0 fully saturated rings.